The molecule has 0 spiro atoms. The molecule has 3 heteroatoms. The van der Waals surface area contributed by atoms with Gasteiger partial charge in [0, 0.05) is 6.08 Å². The summed E-state index contributed by atoms with van der Waals surface area (Å²) in [4.78, 5) is 10.9. The molecule has 1 N–H and O–H groups in total. The van der Waals surface area contributed by atoms with Crippen molar-refractivity contribution in [2.75, 3.05) is 0 Å². The predicted molar refractivity (Wildman–Crippen MR) is 94.1 cm³/mol. The molecule has 0 heterocycles. The van der Waals surface area contributed by atoms with E-state index in [1.165, 1.54) is 11.6 Å². The summed E-state index contributed by atoms with van der Waals surface area (Å²) in [6, 6.07) is 18.3. The van der Waals surface area contributed by atoms with Gasteiger partial charge in [0.05, 0.1) is 0 Å². The second-order valence-corrected chi connectivity index (χ2v) is 6.28. The summed E-state index contributed by atoms with van der Waals surface area (Å²) in [6.07, 6.45) is 5.29. The SMILES string of the molecule is O=C(O)C=C1CCCC(c2ccc(OCc3ccccc3)cc2)C1. The molecular formula is C21H22O3. The van der Waals surface area contributed by atoms with Crippen LogP contribution in [-0.2, 0) is 11.4 Å². The average molecular weight is 322 g/mol. The van der Waals surface area contributed by atoms with Crippen LogP contribution in [0.3, 0.4) is 0 Å². The molecule has 0 radical (unpaired) electrons. The number of carboxylic acid groups (broad SMARTS) is 1. The third-order valence-corrected chi connectivity index (χ3v) is 4.49. The summed E-state index contributed by atoms with van der Waals surface area (Å²) in [5.74, 6) is 0.433. The first-order valence-electron chi connectivity index (χ1n) is 8.40. The van der Waals surface area contributed by atoms with Crippen molar-refractivity contribution < 1.29 is 14.6 Å². The number of ether oxygens (including phenoxy) is 1. The highest BCUT2D eigenvalue weighted by Gasteiger charge is 2.19. The zero-order valence-corrected chi connectivity index (χ0v) is 13.7. The van der Waals surface area contributed by atoms with Gasteiger partial charge in [0.15, 0.2) is 0 Å². The van der Waals surface area contributed by atoms with E-state index in [2.05, 4.69) is 12.1 Å². The van der Waals surface area contributed by atoms with Crippen molar-refractivity contribution >= 4 is 5.97 Å². The van der Waals surface area contributed by atoms with Gasteiger partial charge in [-0.1, -0.05) is 48.0 Å². The van der Waals surface area contributed by atoms with Gasteiger partial charge in [0.2, 0.25) is 0 Å². The molecule has 1 unspecified atom stereocenters. The molecule has 124 valence electrons. The van der Waals surface area contributed by atoms with Crippen LogP contribution in [0.5, 0.6) is 5.75 Å². The summed E-state index contributed by atoms with van der Waals surface area (Å²) in [5, 5.41) is 8.92. The maximum absolute atomic E-state index is 10.9. The fourth-order valence-electron chi connectivity index (χ4n) is 3.26. The third-order valence-electron chi connectivity index (χ3n) is 4.49. The lowest BCUT2D eigenvalue weighted by Gasteiger charge is -2.24. The summed E-state index contributed by atoms with van der Waals surface area (Å²) in [6.45, 7) is 0.565. The highest BCUT2D eigenvalue weighted by Crippen LogP contribution is 2.36. The molecule has 3 rings (SSSR count). The Morgan fingerprint density at radius 2 is 1.88 bits per heavy atom. The molecule has 2 aromatic carbocycles. The van der Waals surface area contributed by atoms with Gasteiger partial charge in [0.1, 0.15) is 12.4 Å². The van der Waals surface area contributed by atoms with Gasteiger partial charge in [-0.3, -0.25) is 0 Å². The van der Waals surface area contributed by atoms with Crippen LogP contribution < -0.4 is 4.74 Å². The minimum absolute atomic E-state index is 0.410. The first-order chi connectivity index (χ1) is 11.7. The molecular weight excluding hydrogens is 300 g/mol. The van der Waals surface area contributed by atoms with Crippen molar-refractivity contribution in [3.05, 3.63) is 77.4 Å². The smallest absolute Gasteiger partial charge is 0.328 e. The van der Waals surface area contributed by atoms with Crippen LogP contribution in [0.15, 0.2) is 66.2 Å². The Morgan fingerprint density at radius 1 is 1.12 bits per heavy atom. The number of aliphatic carboxylic acids is 1. The lowest BCUT2D eigenvalue weighted by molar-refractivity contribution is -0.131. The largest absolute Gasteiger partial charge is 0.489 e. The van der Waals surface area contributed by atoms with Gasteiger partial charge in [-0.25, -0.2) is 4.79 Å². The van der Waals surface area contributed by atoms with Crippen molar-refractivity contribution in [3.8, 4) is 5.75 Å². The normalized spacial score (nSPS) is 19.2. The molecule has 0 amide bonds. The second kappa shape index (κ2) is 7.82. The van der Waals surface area contributed by atoms with Gasteiger partial charge in [-0.15, -0.1) is 0 Å². The van der Waals surface area contributed by atoms with E-state index in [-0.39, 0.29) is 0 Å². The lowest BCUT2D eigenvalue weighted by atomic mass is 9.81. The fraction of sp³-hybridized carbons (Fsp3) is 0.286. The number of benzene rings is 2. The number of carbonyl (C=O) groups is 1. The molecule has 2 aromatic rings. The summed E-state index contributed by atoms with van der Waals surface area (Å²) >= 11 is 0. The zero-order chi connectivity index (χ0) is 16.8. The molecule has 1 fully saturated rings. The number of allylic oxidation sites excluding steroid dienone is 1. The lowest BCUT2D eigenvalue weighted by Crippen LogP contribution is -2.08. The third kappa shape index (κ3) is 4.48. The second-order valence-electron chi connectivity index (χ2n) is 6.28. The van der Waals surface area contributed by atoms with Gasteiger partial charge in [-0.05, 0) is 54.9 Å². The Labute approximate surface area is 142 Å². The van der Waals surface area contributed by atoms with E-state index in [1.807, 2.05) is 42.5 Å². The minimum atomic E-state index is -0.838. The van der Waals surface area contributed by atoms with E-state index in [0.29, 0.717) is 12.5 Å². The van der Waals surface area contributed by atoms with Crippen LogP contribution in [0.2, 0.25) is 0 Å². The van der Waals surface area contributed by atoms with Crippen LogP contribution in [0.4, 0.5) is 0 Å². The van der Waals surface area contributed by atoms with Gasteiger partial charge < -0.3 is 9.84 Å². The van der Waals surface area contributed by atoms with Gasteiger partial charge >= 0.3 is 5.97 Å². The van der Waals surface area contributed by atoms with Crippen molar-refractivity contribution in [1.82, 2.24) is 0 Å². The zero-order valence-electron chi connectivity index (χ0n) is 13.7. The van der Waals surface area contributed by atoms with Crippen LogP contribution in [-0.4, -0.2) is 11.1 Å². The first kappa shape index (κ1) is 16.3. The van der Waals surface area contributed by atoms with Gasteiger partial charge in [0.25, 0.3) is 0 Å². The van der Waals surface area contributed by atoms with E-state index in [9.17, 15) is 4.79 Å². The molecule has 0 bridgehead atoms. The topological polar surface area (TPSA) is 46.5 Å². The molecule has 1 aliphatic carbocycles. The Balaban J connectivity index is 1.60. The van der Waals surface area contributed by atoms with E-state index in [0.717, 1.165) is 42.6 Å². The monoisotopic (exact) mass is 322 g/mol. The van der Waals surface area contributed by atoms with E-state index in [1.54, 1.807) is 0 Å². The first-order valence-corrected chi connectivity index (χ1v) is 8.40. The predicted octanol–water partition coefficient (Wildman–Crippen LogP) is 4.93. The summed E-state index contributed by atoms with van der Waals surface area (Å²) < 4.78 is 5.82. The number of carboxylic acids is 1. The fourth-order valence-corrected chi connectivity index (χ4v) is 3.26. The van der Waals surface area contributed by atoms with Crippen molar-refractivity contribution in [2.24, 2.45) is 0 Å². The number of hydrogen-bond acceptors (Lipinski definition) is 2. The van der Waals surface area contributed by atoms with Crippen molar-refractivity contribution in [1.29, 1.82) is 0 Å². The Bertz CT molecular complexity index is 702. The maximum atomic E-state index is 10.9. The molecule has 24 heavy (non-hydrogen) atoms. The van der Waals surface area contributed by atoms with Crippen molar-refractivity contribution in [2.45, 2.75) is 38.2 Å². The molecule has 0 aliphatic heterocycles. The molecule has 1 saturated carbocycles. The van der Waals surface area contributed by atoms with E-state index >= 15 is 0 Å². The molecule has 1 aliphatic rings. The van der Waals surface area contributed by atoms with Crippen LogP contribution in [0, 0.1) is 0 Å². The Kier molecular flexibility index (Phi) is 5.32. The van der Waals surface area contributed by atoms with Crippen LogP contribution >= 0.6 is 0 Å². The number of hydrogen-bond donors (Lipinski definition) is 1. The minimum Gasteiger partial charge on any atom is -0.489 e. The molecule has 3 nitrogen and oxygen atoms in total. The molecule has 1 atom stereocenters. The highest BCUT2D eigenvalue weighted by molar-refractivity contribution is 5.80. The quantitative estimate of drug-likeness (QED) is 0.794. The summed E-state index contributed by atoms with van der Waals surface area (Å²) in [7, 11) is 0. The average Bonchev–Trinajstić information content (AvgIpc) is 2.61. The van der Waals surface area contributed by atoms with Crippen molar-refractivity contribution in [3.63, 3.8) is 0 Å². The molecule has 0 saturated heterocycles. The number of rotatable bonds is 5. The Hall–Kier alpha value is -2.55. The van der Waals surface area contributed by atoms with E-state index in [4.69, 9.17) is 9.84 Å². The van der Waals surface area contributed by atoms with E-state index < -0.39 is 5.97 Å². The maximum Gasteiger partial charge on any atom is 0.328 e. The van der Waals surface area contributed by atoms with Gasteiger partial charge in [-0.2, -0.15) is 0 Å². The van der Waals surface area contributed by atoms with Crippen LogP contribution in [0.25, 0.3) is 0 Å². The molecule has 0 aromatic heterocycles. The Morgan fingerprint density at radius 3 is 2.58 bits per heavy atom. The summed E-state index contributed by atoms with van der Waals surface area (Å²) in [5.41, 5.74) is 3.46. The highest BCUT2D eigenvalue weighted by atomic mass is 16.5. The van der Waals surface area contributed by atoms with Crippen LogP contribution in [0.1, 0.15) is 42.7 Å². The standard InChI is InChI=1S/C21H22O3/c22-21(23)14-17-7-4-8-19(13-17)18-9-11-20(12-10-18)24-15-16-5-2-1-3-6-16/h1-3,5-6,9-12,14,19H,4,7-8,13,15H2,(H,22,23).